The minimum absolute atomic E-state index is 0.0459. The standard InChI is InChI=1S/C17H17FN2O3/c1-23-11-13-3-2-4-14(9-13)17(22)20-19-16(21)10-12-5-7-15(18)8-6-12/h2-9H,10-11H2,1H3,(H,19,21)(H,20,22). The van der Waals surface area contributed by atoms with E-state index >= 15 is 0 Å². The van der Waals surface area contributed by atoms with Crippen molar-refractivity contribution in [1.82, 2.24) is 10.9 Å². The van der Waals surface area contributed by atoms with Crippen molar-refractivity contribution in [3.63, 3.8) is 0 Å². The van der Waals surface area contributed by atoms with Crippen LogP contribution in [0.2, 0.25) is 0 Å². The van der Waals surface area contributed by atoms with Crippen LogP contribution in [0.15, 0.2) is 48.5 Å². The summed E-state index contributed by atoms with van der Waals surface area (Å²) >= 11 is 0. The van der Waals surface area contributed by atoms with Crippen LogP contribution in [0.25, 0.3) is 0 Å². The number of amides is 2. The molecule has 120 valence electrons. The van der Waals surface area contributed by atoms with Gasteiger partial charge in [-0.1, -0.05) is 24.3 Å². The maximum atomic E-state index is 12.8. The number of hydrogen-bond donors (Lipinski definition) is 2. The Labute approximate surface area is 133 Å². The molecule has 2 rings (SSSR count). The highest BCUT2D eigenvalue weighted by Crippen LogP contribution is 2.06. The molecule has 2 N–H and O–H groups in total. The summed E-state index contributed by atoms with van der Waals surface area (Å²) in [5.74, 6) is -1.17. The summed E-state index contributed by atoms with van der Waals surface area (Å²) in [7, 11) is 1.57. The van der Waals surface area contributed by atoms with Crippen LogP contribution in [0.4, 0.5) is 4.39 Å². The van der Waals surface area contributed by atoms with Gasteiger partial charge >= 0.3 is 0 Å². The molecule has 0 saturated heterocycles. The average Bonchev–Trinajstić information content (AvgIpc) is 2.55. The first-order valence-corrected chi connectivity index (χ1v) is 7.00. The molecule has 0 aliphatic heterocycles. The van der Waals surface area contributed by atoms with Crippen molar-refractivity contribution in [2.75, 3.05) is 7.11 Å². The minimum Gasteiger partial charge on any atom is -0.380 e. The molecule has 2 amide bonds. The monoisotopic (exact) mass is 316 g/mol. The van der Waals surface area contributed by atoms with Crippen LogP contribution in [0, 0.1) is 5.82 Å². The lowest BCUT2D eigenvalue weighted by Gasteiger charge is -2.08. The Morgan fingerprint density at radius 2 is 1.78 bits per heavy atom. The van der Waals surface area contributed by atoms with Crippen LogP contribution < -0.4 is 10.9 Å². The van der Waals surface area contributed by atoms with Crippen molar-refractivity contribution in [1.29, 1.82) is 0 Å². The number of benzene rings is 2. The van der Waals surface area contributed by atoms with Gasteiger partial charge in [-0.15, -0.1) is 0 Å². The summed E-state index contributed by atoms with van der Waals surface area (Å²) < 4.78 is 17.8. The zero-order valence-corrected chi connectivity index (χ0v) is 12.6. The predicted molar refractivity (Wildman–Crippen MR) is 82.9 cm³/mol. The second kappa shape index (κ2) is 8.05. The molecule has 0 radical (unpaired) electrons. The van der Waals surface area contributed by atoms with Gasteiger partial charge in [-0.3, -0.25) is 20.4 Å². The highest BCUT2D eigenvalue weighted by Gasteiger charge is 2.08. The fourth-order valence-electron chi connectivity index (χ4n) is 2.00. The SMILES string of the molecule is COCc1cccc(C(=O)NNC(=O)Cc2ccc(F)cc2)c1. The van der Waals surface area contributed by atoms with Gasteiger partial charge in [0.1, 0.15) is 5.82 Å². The fraction of sp³-hybridized carbons (Fsp3) is 0.176. The van der Waals surface area contributed by atoms with Crippen LogP contribution in [-0.2, 0) is 22.6 Å². The highest BCUT2D eigenvalue weighted by molar-refractivity contribution is 5.95. The van der Waals surface area contributed by atoms with Gasteiger partial charge in [0, 0.05) is 12.7 Å². The summed E-state index contributed by atoms with van der Waals surface area (Å²) in [6.07, 6.45) is 0.0459. The Kier molecular flexibility index (Phi) is 5.82. The van der Waals surface area contributed by atoms with Gasteiger partial charge < -0.3 is 4.74 Å². The molecule has 23 heavy (non-hydrogen) atoms. The van der Waals surface area contributed by atoms with Crippen molar-refractivity contribution in [3.8, 4) is 0 Å². The van der Waals surface area contributed by atoms with Crippen molar-refractivity contribution in [3.05, 3.63) is 71.0 Å². The van der Waals surface area contributed by atoms with Gasteiger partial charge in [-0.05, 0) is 35.4 Å². The van der Waals surface area contributed by atoms with Gasteiger partial charge in [0.05, 0.1) is 13.0 Å². The first-order chi connectivity index (χ1) is 11.1. The maximum Gasteiger partial charge on any atom is 0.269 e. The molecule has 0 aliphatic rings. The van der Waals surface area contributed by atoms with Crippen LogP contribution in [-0.4, -0.2) is 18.9 Å². The van der Waals surface area contributed by atoms with Crippen molar-refractivity contribution >= 4 is 11.8 Å². The van der Waals surface area contributed by atoms with Crippen LogP contribution >= 0.6 is 0 Å². The largest absolute Gasteiger partial charge is 0.380 e. The molecule has 0 saturated carbocycles. The summed E-state index contributed by atoms with van der Waals surface area (Å²) in [6, 6.07) is 12.5. The number of hydrazine groups is 1. The topological polar surface area (TPSA) is 67.4 Å². The van der Waals surface area contributed by atoms with E-state index in [4.69, 9.17) is 4.74 Å². The van der Waals surface area contributed by atoms with E-state index in [1.807, 2.05) is 6.07 Å². The fourth-order valence-corrected chi connectivity index (χ4v) is 2.00. The summed E-state index contributed by atoms with van der Waals surface area (Å²) in [5, 5.41) is 0. The zero-order chi connectivity index (χ0) is 16.7. The Morgan fingerprint density at radius 3 is 2.48 bits per heavy atom. The average molecular weight is 316 g/mol. The summed E-state index contributed by atoms with van der Waals surface area (Å²) in [6.45, 7) is 0.401. The number of halogens is 1. The van der Waals surface area contributed by atoms with Gasteiger partial charge in [-0.2, -0.15) is 0 Å². The third kappa shape index (κ3) is 5.19. The zero-order valence-electron chi connectivity index (χ0n) is 12.6. The van der Waals surface area contributed by atoms with E-state index in [-0.39, 0.29) is 12.2 Å². The molecule has 0 fully saturated rings. The smallest absolute Gasteiger partial charge is 0.269 e. The molecule has 0 heterocycles. The molecule has 2 aromatic rings. The molecular weight excluding hydrogens is 299 g/mol. The molecular formula is C17H17FN2O3. The van der Waals surface area contributed by atoms with E-state index in [9.17, 15) is 14.0 Å². The summed E-state index contributed by atoms with van der Waals surface area (Å²) in [4.78, 5) is 23.7. The number of rotatable bonds is 5. The van der Waals surface area contributed by atoms with Gasteiger partial charge in [-0.25, -0.2) is 4.39 Å². The molecule has 0 spiro atoms. The Bertz CT molecular complexity index is 686. The molecule has 2 aromatic carbocycles. The van der Waals surface area contributed by atoms with Crippen molar-refractivity contribution < 1.29 is 18.7 Å². The highest BCUT2D eigenvalue weighted by atomic mass is 19.1. The lowest BCUT2D eigenvalue weighted by atomic mass is 10.1. The van der Waals surface area contributed by atoms with Crippen molar-refractivity contribution in [2.45, 2.75) is 13.0 Å². The normalized spacial score (nSPS) is 10.2. The number of hydrogen-bond acceptors (Lipinski definition) is 3. The molecule has 0 aromatic heterocycles. The number of carbonyl (C=O) groups excluding carboxylic acids is 2. The first-order valence-electron chi connectivity index (χ1n) is 7.00. The third-order valence-electron chi connectivity index (χ3n) is 3.09. The first kappa shape index (κ1) is 16.6. The Morgan fingerprint density at radius 1 is 1.04 bits per heavy atom. The number of nitrogens with one attached hydrogen (secondary N) is 2. The van der Waals surface area contributed by atoms with Crippen LogP contribution in [0.5, 0.6) is 0 Å². The number of methoxy groups -OCH3 is 1. The van der Waals surface area contributed by atoms with Gasteiger partial charge in [0.15, 0.2) is 0 Å². The lowest BCUT2D eigenvalue weighted by Crippen LogP contribution is -2.42. The van der Waals surface area contributed by atoms with E-state index in [0.29, 0.717) is 17.7 Å². The Hall–Kier alpha value is -2.73. The van der Waals surface area contributed by atoms with Gasteiger partial charge in [0.25, 0.3) is 5.91 Å². The van der Waals surface area contributed by atoms with E-state index in [1.54, 1.807) is 25.3 Å². The Balaban J connectivity index is 1.87. The third-order valence-corrected chi connectivity index (χ3v) is 3.09. The van der Waals surface area contributed by atoms with Crippen molar-refractivity contribution in [2.24, 2.45) is 0 Å². The molecule has 6 heteroatoms. The second-order valence-electron chi connectivity index (χ2n) is 4.94. The summed E-state index contributed by atoms with van der Waals surface area (Å²) in [5.41, 5.74) is 6.61. The molecule has 0 aliphatic carbocycles. The van der Waals surface area contributed by atoms with E-state index < -0.39 is 11.8 Å². The predicted octanol–water partition coefficient (Wildman–Crippen LogP) is 1.98. The molecule has 5 nitrogen and oxygen atoms in total. The number of carbonyl (C=O) groups is 2. The van der Waals surface area contributed by atoms with Gasteiger partial charge in [0.2, 0.25) is 5.91 Å². The van der Waals surface area contributed by atoms with Crippen LogP contribution in [0.3, 0.4) is 0 Å². The van der Waals surface area contributed by atoms with E-state index in [0.717, 1.165) is 5.56 Å². The lowest BCUT2D eigenvalue weighted by molar-refractivity contribution is -0.121. The molecule has 0 unspecified atom stereocenters. The maximum absolute atomic E-state index is 12.8. The van der Waals surface area contributed by atoms with Crippen LogP contribution in [0.1, 0.15) is 21.5 Å². The molecule has 0 bridgehead atoms. The minimum atomic E-state index is -0.421. The van der Waals surface area contributed by atoms with E-state index in [2.05, 4.69) is 10.9 Å². The quantitative estimate of drug-likeness (QED) is 0.829. The second-order valence-corrected chi connectivity index (χ2v) is 4.94. The number of ether oxygens (including phenoxy) is 1. The molecule has 0 atom stereocenters. The van der Waals surface area contributed by atoms with E-state index in [1.165, 1.54) is 24.3 Å².